The minimum atomic E-state index is -0.633. The quantitative estimate of drug-likeness (QED) is 0.371. The van der Waals surface area contributed by atoms with Crippen LogP contribution in [0.2, 0.25) is 0 Å². The van der Waals surface area contributed by atoms with E-state index in [0.717, 1.165) is 10.1 Å². The van der Waals surface area contributed by atoms with E-state index in [1.807, 2.05) is 36.4 Å². The van der Waals surface area contributed by atoms with Gasteiger partial charge in [0, 0.05) is 5.75 Å². The fourth-order valence-electron chi connectivity index (χ4n) is 2.63. The van der Waals surface area contributed by atoms with Gasteiger partial charge < -0.3 is 4.74 Å². The normalized spacial score (nSPS) is 12.0. The molecule has 0 radical (unpaired) electrons. The van der Waals surface area contributed by atoms with Gasteiger partial charge in [-0.1, -0.05) is 73.3 Å². The molecule has 1 heterocycles. The monoisotopic (exact) mass is 427 g/mol. The van der Waals surface area contributed by atoms with E-state index in [4.69, 9.17) is 4.74 Å². The lowest BCUT2D eigenvalue weighted by Crippen LogP contribution is -2.30. The van der Waals surface area contributed by atoms with E-state index in [1.54, 1.807) is 18.7 Å². The van der Waals surface area contributed by atoms with Gasteiger partial charge in [-0.05, 0) is 48.6 Å². The number of ether oxygens (including phenoxy) is 1. The number of aromatic nitrogens is 2. The van der Waals surface area contributed by atoms with Gasteiger partial charge in [0.25, 0.3) is 5.91 Å². The molecular formula is C22H25N3O2S2. The third kappa shape index (κ3) is 6.05. The van der Waals surface area contributed by atoms with Crippen molar-refractivity contribution in [3.05, 3.63) is 65.2 Å². The lowest BCUT2D eigenvalue weighted by Gasteiger charge is -2.14. The van der Waals surface area contributed by atoms with Gasteiger partial charge in [0.2, 0.25) is 5.13 Å². The summed E-state index contributed by atoms with van der Waals surface area (Å²) in [4.78, 5) is 12.4. The van der Waals surface area contributed by atoms with Crippen molar-refractivity contribution in [3.63, 3.8) is 0 Å². The highest BCUT2D eigenvalue weighted by Crippen LogP contribution is 2.29. The van der Waals surface area contributed by atoms with Crippen LogP contribution in [0.3, 0.4) is 0 Å². The van der Waals surface area contributed by atoms with Gasteiger partial charge in [-0.2, -0.15) is 0 Å². The van der Waals surface area contributed by atoms with E-state index >= 15 is 0 Å². The number of rotatable bonds is 8. The Morgan fingerprint density at radius 3 is 2.52 bits per heavy atom. The first kappa shape index (κ1) is 21.3. The molecule has 0 spiro atoms. The number of nitrogens with one attached hydrogen (secondary N) is 1. The molecule has 1 N–H and O–H groups in total. The topological polar surface area (TPSA) is 64.1 Å². The smallest absolute Gasteiger partial charge is 0.266 e. The van der Waals surface area contributed by atoms with Gasteiger partial charge in [0.15, 0.2) is 10.4 Å². The molecule has 0 aliphatic rings. The Kier molecular flexibility index (Phi) is 7.28. The van der Waals surface area contributed by atoms with Crippen LogP contribution in [0.1, 0.15) is 43.4 Å². The summed E-state index contributed by atoms with van der Waals surface area (Å²) >= 11 is 2.98. The minimum absolute atomic E-state index is 0.246. The predicted molar refractivity (Wildman–Crippen MR) is 120 cm³/mol. The van der Waals surface area contributed by atoms with Gasteiger partial charge in [0.1, 0.15) is 5.75 Å². The van der Waals surface area contributed by atoms with Gasteiger partial charge >= 0.3 is 0 Å². The van der Waals surface area contributed by atoms with E-state index in [2.05, 4.69) is 48.4 Å². The van der Waals surface area contributed by atoms with Crippen LogP contribution in [0.4, 0.5) is 5.13 Å². The van der Waals surface area contributed by atoms with Crippen molar-refractivity contribution in [2.45, 2.75) is 49.8 Å². The highest BCUT2D eigenvalue weighted by atomic mass is 32.2. The predicted octanol–water partition coefficient (Wildman–Crippen LogP) is 5.67. The molecule has 3 rings (SSSR count). The molecule has 1 amide bonds. The first-order chi connectivity index (χ1) is 13.9. The van der Waals surface area contributed by atoms with Crippen LogP contribution < -0.4 is 10.1 Å². The number of thioether (sulfide) groups is 1. The largest absolute Gasteiger partial charge is 0.481 e. The fourth-order valence-corrected chi connectivity index (χ4v) is 4.46. The zero-order valence-electron chi connectivity index (χ0n) is 17.0. The second-order valence-electron chi connectivity index (χ2n) is 7.06. The number of carbonyl (C=O) groups is 1. The van der Waals surface area contributed by atoms with Crippen LogP contribution in [0.15, 0.2) is 52.9 Å². The third-order valence-corrected chi connectivity index (χ3v) is 6.50. The van der Waals surface area contributed by atoms with Crippen molar-refractivity contribution < 1.29 is 9.53 Å². The Balaban J connectivity index is 1.52. The third-order valence-electron chi connectivity index (χ3n) is 4.48. The second-order valence-corrected chi connectivity index (χ2v) is 9.26. The average molecular weight is 428 g/mol. The average Bonchev–Trinajstić information content (AvgIpc) is 3.15. The van der Waals surface area contributed by atoms with Crippen LogP contribution >= 0.6 is 23.1 Å². The zero-order valence-corrected chi connectivity index (χ0v) is 18.6. The number of amides is 1. The van der Waals surface area contributed by atoms with Crippen molar-refractivity contribution in [2.75, 3.05) is 5.32 Å². The van der Waals surface area contributed by atoms with Crippen LogP contribution in [-0.4, -0.2) is 22.2 Å². The molecule has 0 aliphatic carbocycles. The number of benzene rings is 2. The maximum atomic E-state index is 12.4. The molecule has 0 bridgehead atoms. The summed E-state index contributed by atoms with van der Waals surface area (Å²) in [6.45, 7) is 8.10. The number of carbonyl (C=O) groups excluding carboxylic acids is 1. The SMILES string of the molecule is Cc1ccccc1CSc1nnc(NC(=O)C(C)Oc2ccc(C(C)C)cc2)s1. The number of anilines is 1. The minimum Gasteiger partial charge on any atom is -0.481 e. The summed E-state index contributed by atoms with van der Waals surface area (Å²) in [6.07, 6.45) is -0.633. The molecule has 152 valence electrons. The summed E-state index contributed by atoms with van der Waals surface area (Å²) in [5.74, 6) is 1.70. The zero-order chi connectivity index (χ0) is 20.8. The maximum Gasteiger partial charge on any atom is 0.266 e. The van der Waals surface area contributed by atoms with Gasteiger partial charge in [-0.3, -0.25) is 10.1 Å². The lowest BCUT2D eigenvalue weighted by atomic mass is 10.0. The fraction of sp³-hybridized carbons (Fsp3) is 0.318. The second kappa shape index (κ2) is 9.89. The van der Waals surface area contributed by atoms with E-state index in [9.17, 15) is 4.79 Å². The molecule has 1 unspecified atom stereocenters. The molecule has 1 atom stereocenters. The molecule has 29 heavy (non-hydrogen) atoms. The van der Waals surface area contributed by atoms with Gasteiger partial charge in [-0.15, -0.1) is 10.2 Å². The molecule has 7 heteroatoms. The highest BCUT2D eigenvalue weighted by molar-refractivity contribution is 8.00. The molecule has 2 aromatic carbocycles. The summed E-state index contributed by atoms with van der Waals surface area (Å²) in [6, 6.07) is 16.1. The van der Waals surface area contributed by atoms with E-state index < -0.39 is 6.10 Å². The summed E-state index contributed by atoms with van der Waals surface area (Å²) in [5.41, 5.74) is 3.76. The van der Waals surface area contributed by atoms with Gasteiger partial charge in [0.05, 0.1) is 0 Å². The number of aryl methyl sites for hydroxylation is 1. The van der Waals surface area contributed by atoms with Crippen molar-refractivity contribution in [3.8, 4) is 5.75 Å². The highest BCUT2D eigenvalue weighted by Gasteiger charge is 2.17. The molecule has 0 fully saturated rings. The first-order valence-corrected chi connectivity index (χ1v) is 11.3. The van der Waals surface area contributed by atoms with Crippen LogP contribution in [0.5, 0.6) is 5.75 Å². The number of nitrogens with zero attached hydrogens (tertiary/aromatic N) is 2. The summed E-state index contributed by atoms with van der Waals surface area (Å²) in [5, 5.41) is 11.5. The van der Waals surface area contributed by atoms with E-state index in [0.29, 0.717) is 16.8 Å². The number of hydrogen-bond donors (Lipinski definition) is 1. The van der Waals surface area contributed by atoms with E-state index in [1.165, 1.54) is 28.0 Å². The van der Waals surface area contributed by atoms with Crippen LogP contribution in [0.25, 0.3) is 0 Å². The van der Waals surface area contributed by atoms with Crippen LogP contribution in [-0.2, 0) is 10.5 Å². The van der Waals surface area contributed by atoms with Crippen molar-refractivity contribution in [1.29, 1.82) is 0 Å². The lowest BCUT2D eigenvalue weighted by molar-refractivity contribution is -0.122. The molecule has 0 saturated heterocycles. The Hall–Kier alpha value is -2.38. The van der Waals surface area contributed by atoms with Crippen molar-refractivity contribution >= 4 is 34.1 Å². The molecule has 0 saturated carbocycles. The maximum absolute atomic E-state index is 12.4. The van der Waals surface area contributed by atoms with E-state index in [-0.39, 0.29) is 5.91 Å². The Morgan fingerprint density at radius 2 is 1.83 bits per heavy atom. The summed E-state index contributed by atoms with van der Waals surface area (Å²) in [7, 11) is 0. The number of hydrogen-bond acceptors (Lipinski definition) is 6. The van der Waals surface area contributed by atoms with Crippen LogP contribution in [0, 0.1) is 6.92 Å². The standard InChI is InChI=1S/C22H25N3O2S2/c1-14(2)17-9-11-19(12-10-17)27-16(4)20(26)23-21-24-25-22(29-21)28-13-18-8-6-5-7-15(18)3/h5-12,14,16H,13H2,1-4H3,(H,23,24,26). The Labute approximate surface area is 179 Å². The van der Waals surface area contributed by atoms with Gasteiger partial charge in [-0.25, -0.2) is 0 Å². The molecule has 5 nitrogen and oxygen atoms in total. The van der Waals surface area contributed by atoms with Crippen molar-refractivity contribution in [2.24, 2.45) is 0 Å². The molecular weight excluding hydrogens is 402 g/mol. The summed E-state index contributed by atoms with van der Waals surface area (Å²) < 4.78 is 6.57. The first-order valence-electron chi connectivity index (χ1n) is 9.50. The Bertz CT molecular complexity index is 955. The molecule has 0 aliphatic heterocycles. The molecule has 1 aromatic heterocycles. The van der Waals surface area contributed by atoms with Crippen molar-refractivity contribution in [1.82, 2.24) is 10.2 Å². The molecule has 3 aromatic rings. The Morgan fingerprint density at radius 1 is 1.10 bits per heavy atom.